The van der Waals surface area contributed by atoms with Crippen LogP contribution >= 0.6 is 12.4 Å². The Labute approximate surface area is 160 Å². The molecule has 1 N–H and O–H groups in total. The predicted octanol–water partition coefficient (Wildman–Crippen LogP) is 2.09. The number of halogens is 1. The summed E-state index contributed by atoms with van der Waals surface area (Å²) in [6.07, 6.45) is 3.54. The molecule has 0 radical (unpaired) electrons. The van der Waals surface area contributed by atoms with E-state index in [1.807, 2.05) is 32.3 Å². The van der Waals surface area contributed by atoms with E-state index in [0.29, 0.717) is 18.0 Å². The minimum Gasteiger partial charge on any atom is -0.493 e. The molecule has 1 atom stereocenters. The molecule has 7 nitrogen and oxygen atoms in total. The van der Waals surface area contributed by atoms with Gasteiger partial charge in [-0.15, -0.1) is 12.4 Å². The van der Waals surface area contributed by atoms with Crippen molar-refractivity contribution in [1.29, 1.82) is 0 Å². The van der Waals surface area contributed by atoms with Gasteiger partial charge >= 0.3 is 0 Å². The average Bonchev–Trinajstić information content (AvgIpc) is 3.02. The monoisotopic (exact) mass is 382 g/mol. The Bertz CT molecular complexity index is 748. The van der Waals surface area contributed by atoms with Crippen LogP contribution in [0.15, 0.2) is 24.5 Å². The summed E-state index contributed by atoms with van der Waals surface area (Å²) < 4.78 is 12.4. The highest BCUT2D eigenvalue weighted by atomic mass is 35.5. The largest absolute Gasteiger partial charge is 0.493 e. The number of hydrogen-bond acceptors (Lipinski definition) is 5. The van der Waals surface area contributed by atoms with Gasteiger partial charge in [-0.05, 0) is 37.2 Å². The topological polar surface area (TPSA) is 68.6 Å². The van der Waals surface area contributed by atoms with Gasteiger partial charge in [0.2, 0.25) is 5.91 Å². The van der Waals surface area contributed by atoms with Crippen molar-refractivity contribution in [1.82, 2.24) is 20.0 Å². The fourth-order valence-corrected chi connectivity index (χ4v) is 2.77. The number of ether oxygens (including phenoxy) is 2. The third-order valence-corrected chi connectivity index (χ3v) is 4.22. The molecule has 1 amide bonds. The van der Waals surface area contributed by atoms with Crippen LogP contribution in [0.2, 0.25) is 0 Å². The SMILES string of the molecule is CNC(C(=O)N(C)Cc1cc(OC)c(OC)cc1C)c1cnn(C)c1.Cl. The van der Waals surface area contributed by atoms with E-state index in [1.165, 1.54) is 0 Å². The van der Waals surface area contributed by atoms with Gasteiger partial charge in [-0.25, -0.2) is 0 Å². The minimum atomic E-state index is -0.431. The molecule has 26 heavy (non-hydrogen) atoms. The molecular formula is C18H27ClN4O3. The van der Waals surface area contributed by atoms with Gasteiger partial charge in [0.1, 0.15) is 6.04 Å². The summed E-state index contributed by atoms with van der Waals surface area (Å²) in [7, 11) is 8.60. The Morgan fingerprint density at radius 3 is 2.42 bits per heavy atom. The summed E-state index contributed by atoms with van der Waals surface area (Å²) in [5, 5.41) is 7.21. The predicted molar refractivity (Wildman–Crippen MR) is 103 cm³/mol. The van der Waals surface area contributed by atoms with Crippen molar-refractivity contribution in [3.63, 3.8) is 0 Å². The van der Waals surface area contributed by atoms with Crippen LogP contribution < -0.4 is 14.8 Å². The lowest BCUT2D eigenvalue weighted by Crippen LogP contribution is -2.37. The summed E-state index contributed by atoms with van der Waals surface area (Å²) >= 11 is 0. The maximum atomic E-state index is 12.8. The van der Waals surface area contributed by atoms with E-state index in [2.05, 4.69) is 10.4 Å². The fourth-order valence-electron chi connectivity index (χ4n) is 2.77. The van der Waals surface area contributed by atoms with E-state index >= 15 is 0 Å². The van der Waals surface area contributed by atoms with Gasteiger partial charge in [0.25, 0.3) is 0 Å². The van der Waals surface area contributed by atoms with Gasteiger partial charge in [-0.3, -0.25) is 9.48 Å². The molecule has 1 heterocycles. The van der Waals surface area contributed by atoms with Gasteiger partial charge in [0.05, 0.1) is 20.4 Å². The highest BCUT2D eigenvalue weighted by Crippen LogP contribution is 2.31. The number of carbonyl (C=O) groups is 1. The normalized spacial score (nSPS) is 11.5. The van der Waals surface area contributed by atoms with Crippen molar-refractivity contribution in [3.8, 4) is 11.5 Å². The first-order valence-corrected chi connectivity index (χ1v) is 8.03. The van der Waals surface area contributed by atoms with Crippen LogP contribution in [0.4, 0.5) is 0 Å². The Hall–Kier alpha value is -2.25. The van der Waals surface area contributed by atoms with Crippen molar-refractivity contribution >= 4 is 18.3 Å². The number of likely N-dealkylation sites (N-methyl/N-ethyl adjacent to an activating group) is 2. The Kier molecular flexibility index (Phi) is 7.92. The van der Waals surface area contributed by atoms with Gasteiger partial charge < -0.3 is 19.7 Å². The first-order chi connectivity index (χ1) is 11.9. The molecule has 0 spiro atoms. The van der Waals surface area contributed by atoms with Gasteiger partial charge in [0, 0.05) is 32.4 Å². The summed E-state index contributed by atoms with van der Waals surface area (Å²) in [5.41, 5.74) is 2.89. The maximum absolute atomic E-state index is 12.8. The van der Waals surface area contributed by atoms with E-state index in [9.17, 15) is 4.79 Å². The Morgan fingerprint density at radius 2 is 1.92 bits per heavy atom. The van der Waals surface area contributed by atoms with Crippen molar-refractivity contribution in [2.75, 3.05) is 28.3 Å². The summed E-state index contributed by atoms with van der Waals surface area (Å²) in [6, 6.07) is 3.40. The highest BCUT2D eigenvalue weighted by molar-refractivity contribution is 5.85. The summed E-state index contributed by atoms with van der Waals surface area (Å²) in [5.74, 6) is 1.31. The summed E-state index contributed by atoms with van der Waals surface area (Å²) in [6.45, 7) is 2.47. The lowest BCUT2D eigenvalue weighted by Gasteiger charge is -2.24. The Morgan fingerprint density at radius 1 is 1.31 bits per heavy atom. The maximum Gasteiger partial charge on any atom is 0.244 e. The van der Waals surface area contributed by atoms with Crippen molar-refractivity contribution in [2.45, 2.75) is 19.5 Å². The zero-order chi connectivity index (χ0) is 18.6. The second kappa shape index (κ2) is 9.45. The average molecular weight is 383 g/mol. The smallest absolute Gasteiger partial charge is 0.244 e. The second-order valence-electron chi connectivity index (χ2n) is 6.00. The molecule has 0 bridgehead atoms. The number of carbonyl (C=O) groups excluding carboxylic acids is 1. The van der Waals surface area contributed by atoms with Crippen LogP contribution in [0.5, 0.6) is 11.5 Å². The van der Waals surface area contributed by atoms with Crippen molar-refractivity contribution in [3.05, 3.63) is 41.2 Å². The van der Waals surface area contributed by atoms with Gasteiger partial charge in [-0.1, -0.05) is 0 Å². The molecule has 1 aromatic carbocycles. The van der Waals surface area contributed by atoms with Gasteiger partial charge in [0.15, 0.2) is 11.5 Å². The molecular weight excluding hydrogens is 356 g/mol. The lowest BCUT2D eigenvalue weighted by atomic mass is 10.1. The minimum absolute atomic E-state index is 0. The zero-order valence-electron chi connectivity index (χ0n) is 16.1. The van der Waals surface area contributed by atoms with E-state index in [4.69, 9.17) is 9.47 Å². The molecule has 0 aliphatic carbocycles. The van der Waals surface area contributed by atoms with Crippen LogP contribution in [-0.2, 0) is 18.4 Å². The number of nitrogens with zero attached hydrogens (tertiary/aromatic N) is 3. The quantitative estimate of drug-likeness (QED) is 0.794. The molecule has 0 aliphatic heterocycles. The standard InChI is InChI=1S/C18H26N4O3.ClH/c1-12-7-15(24-5)16(25-6)8-13(12)10-21(3)18(23)17(19-2)14-9-20-22(4)11-14;/h7-9,11,17,19H,10H2,1-6H3;1H. The molecule has 144 valence electrons. The highest BCUT2D eigenvalue weighted by Gasteiger charge is 2.24. The van der Waals surface area contributed by atoms with Crippen LogP contribution in [-0.4, -0.2) is 48.9 Å². The molecule has 0 saturated carbocycles. The van der Waals surface area contributed by atoms with E-state index in [0.717, 1.165) is 16.7 Å². The molecule has 0 saturated heterocycles. The van der Waals surface area contributed by atoms with Gasteiger partial charge in [-0.2, -0.15) is 5.10 Å². The van der Waals surface area contributed by atoms with Crippen molar-refractivity contribution < 1.29 is 14.3 Å². The van der Waals surface area contributed by atoms with E-state index in [1.54, 1.807) is 44.1 Å². The molecule has 1 unspecified atom stereocenters. The van der Waals surface area contributed by atoms with Crippen LogP contribution in [0, 0.1) is 6.92 Å². The second-order valence-corrected chi connectivity index (χ2v) is 6.00. The van der Waals surface area contributed by atoms with Crippen molar-refractivity contribution in [2.24, 2.45) is 7.05 Å². The molecule has 2 aromatic rings. The number of hydrogen-bond donors (Lipinski definition) is 1. The Balaban J connectivity index is 0.00000338. The molecule has 0 aliphatic rings. The van der Waals surface area contributed by atoms with Crippen LogP contribution in [0.3, 0.4) is 0 Å². The lowest BCUT2D eigenvalue weighted by molar-refractivity contribution is -0.132. The van der Waals surface area contributed by atoms with Crippen LogP contribution in [0.25, 0.3) is 0 Å². The number of rotatable bonds is 7. The zero-order valence-corrected chi connectivity index (χ0v) is 16.9. The van der Waals surface area contributed by atoms with E-state index in [-0.39, 0.29) is 18.3 Å². The number of aryl methyl sites for hydroxylation is 2. The molecule has 2 rings (SSSR count). The number of methoxy groups -OCH3 is 2. The number of nitrogens with one attached hydrogen (secondary N) is 1. The molecule has 0 fully saturated rings. The molecule has 8 heteroatoms. The van der Waals surface area contributed by atoms with E-state index < -0.39 is 6.04 Å². The third kappa shape index (κ3) is 4.68. The number of aromatic nitrogens is 2. The van der Waals surface area contributed by atoms with Crippen LogP contribution in [0.1, 0.15) is 22.7 Å². The fraction of sp³-hybridized carbons (Fsp3) is 0.444. The number of benzene rings is 1. The summed E-state index contributed by atoms with van der Waals surface area (Å²) in [4.78, 5) is 14.5. The first-order valence-electron chi connectivity index (χ1n) is 8.03. The third-order valence-electron chi connectivity index (χ3n) is 4.22. The molecule has 1 aromatic heterocycles. The number of amides is 1. The first kappa shape index (κ1) is 21.8.